The zero-order chi connectivity index (χ0) is 28.0. The predicted octanol–water partition coefficient (Wildman–Crippen LogP) is 1.66. The zero-order valence-electron chi connectivity index (χ0n) is 23.1. The molecule has 0 radical (unpaired) electrons. The number of quaternary nitrogens is 1. The van der Waals surface area contributed by atoms with Crippen molar-refractivity contribution in [3.05, 3.63) is 65.7 Å². The number of aliphatic hydroxyl groups excluding tert-OH is 1. The fourth-order valence-corrected chi connectivity index (χ4v) is 5.54. The number of fused-ring (bicyclic) bond motifs is 1. The van der Waals surface area contributed by atoms with Crippen molar-refractivity contribution in [2.45, 2.75) is 43.8 Å². The second-order valence-corrected chi connectivity index (χ2v) is 11.5. The van der Waals surface area contributed by atoms with Gasteiger partial charge in [0.1, 0.15) is 24.4 Å². The Morgan fingerprint density at radius 2 is 1.87 bits per heavy atom. The van der Waals surface area contributed by atoms with Crippen LogP contribution in [0, 0.1) is 5.92 Å². The molecule has 9 heteroatoms. The lowest BCUT2D eigenvalue weighted by molar-refractivity contribution is -0.870. The van der Waals surface area contributed by atoms with Crippen LogP contribution in [0.2, 0.25) is 0 Å². The van der Waals surface area contributed by atoms with E-state index < -0.39 is 24.0 Å². The summed E-state index contributed by atoms with van der Waals surface area (Å²) in [6, 6.07) is 14.8. The molecule has 0 saturated carbocycles. The highest BCUT2D eigenvalue weighted by molar-refractivity contribution is 5.99. The number of aliphatic hydroxyl groups is 1. The SMILES string of the molecule is C[N+](C)(C)CCCCNC(=O)[C@H]1C[C@H]2C(=O)N[C@@H](Cc3ccccc3)C(=O)N2[C@H]1c1cccc(OCCO)c1. The summed E-state index contributed by atoms with van der Waals surface area (Å²) in [5.41, 5.74) is 1.69. The van der Waals surface area contributed by atoms with Crippen LogP contribution in [0.15, 0.2) is 54.6 Å². The number of hydrogen-bond acceptors (Lipinski definition) is 5. The fraction of sp³-hybridized carbons (Fsp3) is 0.500. The van der Waals surface area contributed by atoms with Gasteiger partial charge in [-0.05, 0) is 42.5 Å². The minimum absolute atomic E-state index is 0.124. The van der Waals surface area contributed by atoms with Gasteiger partial charge in [-0.3, -0.25) is 14.4 Å². The average molecular weight is 538 g/mol. The van der Waals surface area contributed by atoms with Crippen LogP contribution in [0.4, 0.5) is 0 Å². The van der Waals surface area contributed by atoms with E-state index in [1.807, 2.05) is 42.5 Å². The van der Waals surface area contributed by atoms with Crippen LogP contribution < -0.4 is 15.4 Å². The Bertz CT molecular complexity index is 1150. The standard InChI is InChI=1S/C30H40N4O5/c1-34(2,3)15-8-7-14-31-28(36)24-20-26-29(37)32-25(18-21-10-5-4-6-11-21)30(38)33(26)27(24)22-12-9-13-23(19-22)39-17-16-35/h4-6,9-13,19,24-27,35H,7-8,14-18,20H2,1-3H3,(H-,31,32,36,37)/p+1/t24-,25-,26-,27-/m0/s1. The average Bonchev–Trinajstić information content (AvgIpc) is 3.32. The number of carbonyl (C=O) groups is 3. The first-order valence-corrected chi connectivity index (χ1v) is 13.8. The van der Waals surface area contributed by atoms with Crippen LogP contribution in [-0.2, 0) is 20.8 Å². The quantitative estimate of drug-likeness (QED) is 0.282. The molecule has 2 aliphatic rings. The maximum absolute atomic E-state index is 13.9. The number of benzene rings is 2. The van der Waals surface area contributed by atoms with Crippen molar-refractivity contribution >= 4 is 17.7 Å². The van der Waals surface area contributed by atoms with Crippen LogP contribution in [0.1, 0.15) is 36.4 Å². The molecule has 2 fully saturated rings. The summed E-state index contributed by atoms with van der Waals surface area (Å²) < 4.78 is 6.49. The molecule has 210 valence electrons. The summed E-state index contributed by atoms with van der Waals surface area (Å²) in [6.07, 6.45) is 2.48. The van der Waals surface area contributed by atoms with Gasteiger partial charge < -0.3 is 29.9 Å². The Kier molecular flexibility index (Phi) is 9.24. The predicted molar refractivity (Wildman–Crippen MR) is 148 cm³/mol. The van der Waals surface area contributed by atoms with Gasteiger partial charge in [-0.15, -0.1) is 0 Å². The van der Waals surface area contributed by atoms with Crippen molar-refractivity contribution in [2.24, 2.45) is 5.92 Å². The van der Waals surface area contributed by atoms with Crippen molar-refractivity contribution in [2.75, 3.05) is 47.4 Å². The third-order valence-electron chi connectivity index (χ3n) is 7.40. The molecular weight excluding hydrogens is 496 g/mol. The molecule has 4 atom stereocenters. The third-order valence-corrected chi connectivity index (χ3v) is 7.40. The highest BCUT2D eigenvalue weighted by atomic mass is 16.5. The second kappa shape index (κ2) is 12.6. The Morgan fingerprint density at radius 1 is 1.10 bits per heavy atom. The van der Waals surface area contributed by atoms with Crippen LogP contribution in [0.5, 0.6) is 5.75 Å². The third kappa shape index (κ3) is 7.16. The van der Waals surface area contributed by atoms with Crippen LogP contribution >= 0.6 is 0 Å². The van der Waals surface area contributed by atoms with Crippen molar-refractivity contribution in [3.63, 3.8) is 0 Å². The largest absolute Gasteiger partial charge is 0.491 e. The summed E-state index contributed by atoms with van der Waals surface area (Å²) in [6.45, 7) is 1.57. The number of nitrogens with one attached hydrogen (secondary N) is 2. The number of amides is 3. The van der Waals surface area contributed by atoms with E-state index in [0.717, 1.165) is 35.0 Å². The summed E-state index contributed by atoms with van der Waals surface area (Å²) in [7, 11) is 6.43. The number of hydrogen-bond donors (Lipinski definition) is 3. The van der Waals surface area contributed by atoms with Crippen molar-refractivity contribution < 1.29 is 28.7 Å². The summed E-state index contributed by atoms with van der Waals surface area (Å²) >= 11 is 0. The first kappa shape index (κ1) is 28.6. The smallest absolute Gasteiger partial charge is 0.246 e. The van der Waals surface area contributed by atoms with Gasteiger partial charge in [-0.25, -0.2) is 0 Å². The van der Waals surface area contributed by atoms with E-state index in [1.165, 1.54) is 0 Å². The second-order valence-electron chi connectivity index (χ2n) is 11.5. The number of ether oxygens (including phenoxy) is 1. The zero-order valence-corrected chi connectivity index (χ0v) is 23.1. The van der Waals surface area contributed by atoms with E-state index in [4.69, 9.17) is 4.74 Å². The van der Waals surface area contributed by atoms with Gasteiger partial charge in [0.2, 0.25) is 17.7 Å². The lowest BCUT2D eigenvalue weighted by Gasteiger charge is -2.38. The molecule has 2 aromatic rings. The summed E-state index contributed by atoms with van der Waals surface area (Å²) in [5, 5.41) is 15.2. The first-order chi connectivity index (χ1) is 18.7. The Labute approximate surface area is 230 Å². The summed E-state index contributed by atoms with van der Waals surface area (Å²) in [4.78, 5) is 42.3. The first-order valence-electron chi connectivity index (χ1n) is 13.8. The molecule has 39 heavy (non-hydrogen) atoms. The molecule has 3 amide bonds. The fourth-order valence-electron chi connectivity index (χ4n) is 5.54. The van der Waals surface area contributed by atoms with E-state index in [1.54, 1.807) is 17.0 Å². The minimum atomic E-state index is -0.717. The van der Waals surface area contributed by atoms with Gasteiger partial charge in [0.05, 0.1) is 46.3 Å². The Balaban J connectivity index is 1.57. The maximum atomic E-state index is 13.9. The Hall–Kier alpha value is -3.43. The topological polar surface area (TPSA) is 108 Å². The lowest BCUT2D eigenvalue weighted by atomic mass is 9.92. The molecule has 0 aromatic heterocycles. The van der Waals surface area contributed by atoms with Crippen LogP contribution in [0.3, 0.4) is 0 Å². The molecule has 2 aromatic carbocycles. The molecule has 2 saturated heterocycles. The van der Waals surface area contributed by atoms with Gasteiger partial charge >= 0.3 is 0 Å². The molecule has 4 rings (SSSR count). The lowest BCUT2D eigenvalue weighted by Crippen LogP contribution is -2.62. The van der Waals surface area contributed by atoms with Crippen molar-refractivity contribution in [3.8, 4) is 5.75 Å². The van der Waals surface area contributed by atoms with Gasteiger partial charge in [-0.1, -0.05) is 42.5 Å². The van der Waals surface area contributed by atoms with E-state index in [0.29, 0.717) is 18.7 Å². The van der Waals surface area contributed by atoms with Gasteiger partial charge in [0.25, 0.3) is 0 Å². The van der Waals surface area contributed by atoms with E-state index in [-0.39, 0.29) is 37.4 Å². The Morgan fingerprint density at radius 3 is 2.59 bits per heavy atom. The number of carbonyl (C=O) groups excluding carboxylic acids is 3. The highest BCUT2D eigenvalue weighted by Gasteiger charge is 2.54. The highest BCUT2D eigenvalue weighted by Crippen LogP contribution is 2.44. The van der Waals surface area contributed by atoms with Crippen molar-refractivity contribution in [1.29, 1.82) is 0 Å². The molecule has 0 spiro atoms. The van der Waals surface area contributed by atoms with E-state index in [2.05, 4.69) is 31.8 Å². The van der Waals surface area contributed by atoms with E-state index >= 15 is 0 Å². The minimum Gasteiger partial charge on any atom is -0.491 e. The molecule has 0 unspecified atom stereocenters. The molecule has 0 aliphatic carbocycles. The molecule has 2 aliphatic heterocycles. The molecule has 0 bridgehead atoms. The van der Waals surface area contributed by atoms with Crippen LogP contribution in [0.25, 0.3) is 0 Å². The number of unbranched alkanes of at least 4 members (excludes halogenated alkanes) is 1. The summed E-state index contributed by atoms with van der Waals surface area (Å²) in [5.74, 6) is -0.604. The normalized spacial score (nSPS) is 22.8. The number of rotatable bonds is 12. The molecule has 9 nitrogen and oxygen atoms in total. The number of piperazine rings is 1. The van der Waals surface area contributed by atoms with Gasteiger partial charge in [0, 0.05) is 13.0 Å². The van der Waals surface area contributed by atoms with Crippen molar-refractivity contribution in [1.82, 2.24) is 15.5 Å². The monoisotopic (exact) mass is 537 g/mol. The van der Waals surface area contributed by atoms with E-state index in [9.17, 15) is 19.5 Å². The van der Waals surface area contributed by atoms with Gasteiger partial charge in [-0.2, -0.15) is 0 Å². The number of nitrogens with zero attached hydrogens (tertiary/aromatic N) is 2. The van der Waals surface area contributed by atoms with Crippen LogP contribution in [-0.4, -0.2) is 91.7 Å². The molecular formula is C30H41N4O5+. The molecule has 3 N–H and O–H groups in total. The maximum Gasteiger partial charge on any atom is 0.246 e. The molecule has 2 heterocycles. The van der Waals surface area contributed by atoms with Gasteiger partial charge in [0.15, 0.2) is 0 Å².